The third-order valence-corrected chi connectivity index (χ3v) is 5.71. The van der Waals surface area contributed by atoms with Gasteiger partial charge >= 0.3 is 0 Å². The van der Waals surface area contributed by atoms with E-state index in [0.717, 1.165) is 69.9 Å². The number of fused-ring (bicyclic) bond motifs is 1. The molecule has 0 saturated carbocycles. The minimum atomic E-state index is 0.0902. The third kappa shape index (κ3) is 3.24. The molecule has 0 aromatic carbocycles. The predicted molar refractivity (Wildman–Crippen MR) is 94.1 cm³/mol. The highest BCUT2D eigenvalue weighted by Crippen LogP contribution is 2.19. The number of thiophene rings is 1. The molecule has 6 nitrogen and oxygen atoms in total. The van der Waals surface area contributed by atoms with E-state index in [1.807, 2.05) is 4.90 Å². The van der Waals surface area contributed by atoms with Gasteiger partial charge in [-0.05, 0) is 30.8 Å². The van der Waals surface area contributed by atoms with Gasteiger partial charge in [0.15, 0.2) is 5.69 Å². The van der Waals surface area contributed by atoms with Gasteiger partial charge in [0, 0.05) is 49.7 Å². The Hall–Kier alpha value is -1.70. The second-order valence-electron chi connectivity index (χ2n) is 6.46. The molecule has 2 aliphatic heterocycles. The molecule has 24 heavy (non-hydrogen) atoms. The van der Waals surface area contributed by atoms with E-state index in [-0.39, 0.29) is 5.91 Å². The molecule has 7 heteroatoms. The van der Waals surface area contributed by atoms with E-state index in [1.165, 1.54) is 4.88 Å². The number of hydrogen-bond acceptors (Lipinski definition) is 5. The highest BCUT2D eigenvalue weighted by molar-refractivity contribution is 7.09. The molecule has 1 amide bonds. The monoisotopic (exact) mass is 345 g/mol. The van der Waals surface area contributed by atoms with Crippen LogP contribution in [0.15, 0.2) is 17.5 Å². The van der Waals surface area contributed by atoms with Crippen LogP contribution in [-0.4, -0.2) is 58.6 Å². The van der Waals surface area contributed by atoms with Crippen LogP contribution in [0.1, 0.15) is 33.0 Å². The molecule has 0 radical (unpaired) electrons. The summed E-state index contributed by atoms with van der Waals surface area (Å²) in [5.74, 6) is 0.0902. The Morgan fingerprint density at radius 1 is 1.29 bits per heavy atom. The van der Waals surface area contributed by atoms with Crippen molar-refractivity contribution in [1.29, 1.82) is 0 Å². The number of nitrogens with one attached hydrogen (secondary N) is 2. The van der Waals surface area contributed by atoms with E-state index in [1.54, 1.807) is 11.3 Å². The lowest BCUT2D eigenvalue weighted by atomic mass is 10.1. The van der Waals surface area contributed by atoms with E-state index in [0.29, 0.717) is 5.69 Å². The molecular formula is C17H23N5OS. The normalized spacial score (nSPS) is 19.1. The quantitative estimate of drug-likeness (QED) is 0.884. The average Bonchev–Trinajstić information content (AvgIpc) is 3.20. The summed E-state index contributed by atoms with van der Waals surface area (Å²) in [6.07, 6.45) is 1.90. The van der Waals surface area contributed by atoms with Crippen LogP contribution in [0, 0.1) is 0 Å². The minimum Gasteiger partial charge on any atom is -0.336 e. The number of nitrogens with zero attached hydrogens (tertiary/aromatic N) is 3. The summed E-state index contributed by atoms with van der Waals surface area (Å²) in [6.45, 7) is 6.26. The van der Waals surface area contributed by atoms with Crippen molar-refractivity contribution in [2.24, 2.45) is 0 Å². The van der Waals surface area contributed by atoms with Crippen molar-refractivity contribution >= 4 is 17.2 Å². The molecule has 0 unspecified atom stereocenters. The van der Waals surface area contributed by atoms with Crippen LogP contribution in [0.25, 0.3) is 0 Å². The minimum absolute atomic E-state index is 0.0902. The maximum Gasteiger partial charge on any atom is 0.274 e. The fourth-order valence-corrected chi connectivity index (χ4v) is 4.27. The molecule has 0 spiro atoms. The number of hydrogen-bond donors (Lipinski definition) is 2. The Labute approximate surface area is 145 Å². The molecule has 128 valence electrons. The second kappa shape index (κ2) is 7.04. The van der Waals surface area contributed by atoms with Gasteiger partial charge in [0.2, 0.25) is 0 Å². The number of aromatic nitrogens is 2. The van der Waals surface area contributed by atoms with Crippen LogP contribution in [0.2, 0.25) is 0 Å². The molecule has 4 heterocycles. The van der Waals surface area contributed by atoms with Crippen LogP contribution in [0.4, 0.5) is 0 Å². The van der Waals surface area contributed by atoms with Crippen LogP contribution in [0.5, 0.6) is 0 Å². The molecule has 2 aromatic heterocycles. The standard InChI is InChI=1S/C17H23N5OS/c23-17(16-14-4-5-18-11-15(14)19-20-16)22-7-2-6-21(8-9-22)12-13-3-1-10-24-13/h1,3,10,18H,2,4-9,11-12H2,(H,19,20). The lowest BCUT2D eigenvalue weighted by Crippen LogP contribution is -2.36. The fraction of sp³-hybridized carbons (Fsp3) is 0.529. The van der Waals surface area contributed by atoms with Gasteiger partial charge in [0.1, 0.15) is 0 Å². The van der Waals surface area contributed by atoms with Crippen LogP contribution >= 0.6 is 11.3 Å². The van der Waals surface area contributed by atoms with Gasteiger partial charge in [0.05, 0.1) is 5.69 Å². The molecule has 2 N–H and O–H groups in total. The van der Waals surface area contributed by atoms with Gasteiger partial charge in [-0.1, -0.05) is 6.07 Å². The zero-order chi connectivity index (χ0) is 16.4. The first-order valence-electron chi connectivity index (χ1n) is 8.62. The summed E-state index contributed by atoms with van der Waals surface area (Å²) in [6, 6.07) is 4.28. The van der Waals surface area contributed by atoms with E-state index in [9.17, 15) is 4.79 Å². The van der Waals surface area contributed by atoms with E-state index in [4.69, 9.17) is 0 Å². The van der Waals surface area contributed by atoms with Gasteiger partial charge in [-0.25, -0.2) is 0 Å². The van der Waals surface area contributed by atoms with Crippen LogP contribution < -0.4 is 5.32 Å². The molecule has 0 aliphatic carbocycles. The maximum atomic E-state index is 12.9. The number of rotatable bonds is 3. The highest BCUT2D eigenvalue weighted by atomic mass is 32.1. The number of aromatic amines is 1. The lowest BCUT2D eigenvalue weighted by molar-refractivity contribution is 0.0754. The van der Waals surface area contributed by atoms with Crippen molar-refractivity contribution in [2.75, 3.05) is 32.7 Å². The van der Waals surface area contributed by atoms with Gasteiger partial charge < -0.3 is 10.2 Å². The van der Waals surface area contributed by atoms with Crippen molar-refractivity contribution in [2.45, 2.75) is 25.9 Å². The van der Waals surface area contributed by atoms with Crippen LogP contribution in [0.3, 0.4) is 0 Å². The van der Waals surface area contributed by atoms with E-state index in [2.05, 4.69) is 37.9 Å². The van der Waals surface area contributed by atoms with Crippen molar-refractivity contribution < 1.29 is 4.79 Å². The van der Waals surface area contributed by atoms with E-state index >= 15 is 0 Å². The second-order valence-corrected chi connectivity index (χ2v) is 7.49. The smallest absolute Gasteiger partial charge is 0.274 e. The summed E-state index contributed by atoms with van der Waals surface area (Å²) in [5.41, 5.74) is 2.82. The summed E-state index contributed by atoms with van der Waals surface area (Å²) in [7, 11) is 0. The number of carbonyl (C=O) groups excluding carboxylic acids is 1. The van der Waals surface area contributed by atoms with Gasteiger partial charge in [0.25, 0.3) is 5.91 Å². The summed E-state index contributed by atoms with van der Waals surface area (Å²) in [4.78, 5) is 18.7. The molecule has 4 rings (SSSR count). The molecule has 2 aliphatic rings. The number of amides is 1. The molecule has 1 saturated heterocycles. The Balaban J connectivity index is 1.41. The van der Waals surface area contributed by atoms with Gasteiger partial charge in [-0.15, -0.1) is 11.3 Å². The Morgan fingerprint density at radius 2 is 2.25 bits per heavy atom. The molecular weight excluding hydrogens is 322 g/mol. The first-order chi connectivity index (χ1) is 11.8. The number of carbonyl (C=O) groups is 1. The number of H-pyrrole nitrogens is 1. The lowest BCUT2D eigenvalue weighted by Gasteiger charge is -2.22. The fourth-order valence-electron chi connectivity index (χ4n) is 3.53. The molecule has 1 fully saturated rings. The summed E-state index contributed by atoms with van der Waals surface area (Å²) >= 11 is 1.80. The Bertz CT molecular complexity index is 696. The van der Waals surface area contributed by atoms with Gasteiger partial charge in [-0.3, -0.25) is 14.8 Å². The topological polar surface area (TPSA) is 64.3 Å². The predicted octanol–water partition coefficient (Wildman–Crippen LogP) is 1.47. The molecule has 0 atom stereocenters. The van der Waals surface area contributed by atoms with Crippen molar-refractivity contribution in [1.82, 2.24) is 25.3 Å². The maximum absolute atomic E-state index is 12.9. The van der Waals surface area contributed by atoms with E-state index < -0.39 is 0 Å². The average molecular weight is 345 g/mol. The first kappa shape index (κ1) is 15.8. The van der Waals surface area contributed by atoms with Crippen molar-refractivity contribution in [3.8, 4) is 0 Å². The molecule has 0 bridgehead atoms. The van der Waals surface area contributed by atoms with Crippen LogP contribution in [-0.2, 0) is 19.5 Å². The SMILES string of the molecule is O=C(c1n[nH]c2c1CCNC2)N1CCCN(Cc2cccs2)CC1. The van der Waals surface area contributed by atoms with Crippen molar-refractivity contribution in [3.63, 3.8) is 0 Å². The Kier molecular flexibility index (Phi) is 4.64. The third-order valence-electron chi connectivity index (χ3n) is 4.84. The zero-order valence-corrected chi connectivity index (χ0v) is 14.6. The summed E-state index contributed by atoms with van der Waals surface area (Å²) < 4.78 is 0. The molecule has 2 aromatic rings. The largest absolute Gasteiger partial charge is 0.336 e. The summed E-state index contributed by atoms with van der Waals surface area (Å²) in [5, 5.41) is 12.8. The Morgan fingerprint density at radius 3 is 3.12 bits per heavy atom. The van der Waals surface area contributed by atoms with Gasteiger partial charge in [-0.2, -0.15) is 5.10 Å². The first-order valence-corrected chi connectivity index (χ1v) is 9.50. The zero-order valence-electron chi connectivity index (χ0n) is 13.8. The van der Waals surface area contributed by atoms with Crippen molar-refractivity contribution in [3.05, 3.63) is 39.3 Å². The highest BCUT2D eigenvalue weighted by Gasteiger charge is 2.27.